The molecule has 1 N–H and O–H groups in total. The molecule has 0 bridgehead atoms. The quantitative estimate of drug-likeness (QED) is 0.275. The van der Waals surface area contributed by atoms with E-state index < -0.39 is 6.04 Å². The predicted octanol–water partition coefficient (Wildman–Crippen LogP) is 7.12. The van der Waals surface area contributed by atoms with Crippen molar-refractivity contribution in [3.8, 4) is 11.5 Å². The van der Waals surface area contributed by atoms with Gasteiger partial charge in [-0.05, 0) is 79.4 Å². The highest BCUT2D eigenvalue weighted by Crippen LogP contribution is 2.39. The smallest absolute Gasteiger partial charge is 0.308 e. The summed E-state index contributed by atoms with van der Waals surface area (Å²) in [5.74, 6) is 0.549. The lowest BCUT2D eigenvalue weighted by Gasteiger charge is -2.31. The van der Waals surface area contributed by atoms with Crippen LogP contribution < -0.4 is 5.32 Å². The zero-order chi connectivity index (χ0) is 27.1. The molecular weight excluding hydrogens is 489 g/mol. The number of nitrogens with one attached hydrogen (secondary N) is 1. The Balaban J connectivity index is 1.56. The van der Waals surface area contributed by atoms with E-state index in [0.29, 0.717) is 18.5 Å². The second-order valence-corrected chi connectivity index (χ2v) is 9.92. The fraction of sp³-hybridized carbons (Fsp3) is 0.188. The Morgan fingerprint density at radius 2 is 1.79 bits per heavy atom. The summed E-state index contributed by atoms with van der Waals surface area (Å²) in [4.78, 5) is 16.0. The summed E-state index contributed by atoms with van der Waals surface area (Å²) in [6.07, 6.45) is 2.70. The maximum atomic E-state index is 14.6. The number of fused-ring (bicyclic) bond motifs is 3. The van der Waals surface area contributed by atoms with Gasteiger partial charge in [-0.2, -0.15) is 5.10 Å². The van der Waals surface area contributed by atoms with Crippen molar-refractivity contribution in [2.45, 2.75) is 39.8 Å². The van der Waals surface area contributed by atoms with Crippen molar-refractivity contribution >= 4 is 11.7 Å². The molecule has 2 aromatic heterocycles. The number of hydrogen-bond acceptors (Lipinski definition) is 2. The summed E-state index contributed by atoms with van der Waals surface area (Å²) in [5.41, 5.74) is 7.24. The van der Waals surface area contributed by atoms with Gasteiger partial charge in [0.05, 0.1) is 29.7 Å². The summed E-state index contributed by atoms with van der Waals surface area (Å²) in [7, 11) is 0. The number of aryl methyl sites for hydroxylation is 2. The van der Waals surface area contributed by atoms with Crippen LogP contribution in [0, 0.1) is 19.7 Å². The molecule has 0 fully saturated rings. The van der Waals surface area contributed by atoms with Crippen molar-refractivity contribution in [1.82, 2.24) is 19.2 Å². The van der Waals surface area contributed by atoms with E-state index in [-0.39, 0.29) is 11.8 Å². The van der Waals surface area contributed by atoms with Gasteiger partial charge in [0.25, 0.3) is 0 Å². The molecule has 1 aliphatic heterocycles. The van der Waals surface area contributed by atoms with Gasteiger partial charge in [0.1, 0.15) is 11.6 Å². The molecule has 1 unspecified atom stereocenters. The molecule has 6 nitrogen and oxygen atoms in total. The lowest BCUT2D eigenvalue weighted by molar-refractivity contribution is 0.194. The van der Waals surface area contributed by atoms with Crippen LogP contribution in [-0.2, 0) is 13.0 Å². The highest BCUT2D eigenvalue weighted by atomic mass is 19.1. The number of hydrogen-bond donors (Lipinski definition) is 1. The number of para-hydroxylation sites is 1. The number of amides is 2. The molecule has 3 heterocycles. The number of benzene rings is 3. The minimum Gasteiger partial charge on any atom is -0.308 e. The largest absolute Gasteiger partial charge is 0.322 e. The second kappa shape index (κ2) is 9.91. The van der Waals surface area contributed by atoms with Gasteiger partial charge in [0.15, 0.2) is 0 Å². The summed E-state index contributed by atoms with van der Waals surface area (Å²) < 4.78 is 18.6. The fourth-order valence-corrected chi connectivity index (χ4v) is 5.45. The lowest BCUT2D eigenvalue weighted by atomic mass is 10.0. The van der Waals surface area contributed by atoms with Crippen LogP contribution in [0.3, 0.4) is 0 Å². The third-order valence-corrected chi connectivity index (χ3v) is 7.58. The maximum absolute atomic E-state index is 14.6. The van der Waals surface area contributed by atoms with Gasteiger partial charge < -0.3 is 14.8 Å². The zero-order valence-electron chi connectivity index (χ0n) is 22.2. The van der Waals surface area contributed by atoms with E-state index in [2.05, 4.69) is 16.8 Å². The first kappa shape index (κ1) is 24.7. The highest BCUT2D eigenvalue weighted by Gasteiger charge is 2.36. The Labute approximate surface area is 227 Å². The monoisotopic (exact) mass is 519 g/mol. The SMILES string of the molecule is CCc1nn(-c2ccccc2)c2c1CN(C(=O)Nc1cccc(C)c1C)C(c1cccc(F)c1)c1cccn1-2. The van der Waals surface area contributed by atoms with E-state index in [9.17, 15) is 9.18 Å². The normalized spacial score (nSPS) is 14.5. The molecular formula is C32H30FN5O. The van der Waals surface area contributed by atoms with Crippen LogP contribution in [-0.4, -0.2) is 25.3 Å². The van der Waals surface area contributed by atoms with Crippen molar-refractivity contribution in [3.05, 3.63) is 131 Å². The summed E-state index contributed by atoms with van der Waals surface area (Å²) in [5, 5.41) is 8.14. The molecule has 196 valence electrons. The Kier molecular flexibility index (Phi) is 6.27. The van der Waals surface area contributed by atoms with Crippen molar-refractivity contribution in [3.63, 3.8) is 0 Å². The van der Waals surface area contributed by atoms with Crippen molar-refractivity contribution in [2.24, 2.45) is 0 Å². The van der Waals surface area contributed by atoms with E-state index >= 15 is 0 Å². The van der Waals surface area contributed by atoms with Gasteiger partial charge in [0.2, 0.25) is 0 Å². The van der Waals surface area contributed by atoms with Gasteiger partial charge in [-0.25, -0.2) is 13.9 Å². The molecule has 1 aliphatic rings. The van der Waals surface area contributed by atoms with Crippen molar-refractivity contribution in [1.29, 1.82) is 0 Å². The number of urea groups is 1. The average Bonchev–Trinajstić information content (AvgIpc) is 3.52. The van der Waals surface area contributed by atoms with Crippen LogP contribution in [0.2, 0.25) is 0 Å². The molecule has 0 aliphatic carbocycles. The number of aromatic nitrogens is 3. The molecule has 1 atom stereocenters. The maximum Gasteiger partial charge on any atom is 0.322 e. The van der Waals surface area contributed by atoms with Crippen LogP contribution in [0.15, 0.2) is 91.1 Å². The molecule has 6 rings (SSSR count). The van der Waals surface area contributed by atoms with Gasteiger partial charge in [-0.3, -0.25) is 0 Å². The Morgan fingerprint density at radius 3 is 2.56 bits per heavy atom. The molecule has 0 saturated carbocycles. The third kappa shape index (κ3) is 4.30. The van der Waals surface area contributed by atoms with E-state index in [0.717, 1.165) is 45.3 Å². The zero-order valence-corrected chi connectivity index (χ0v) is 22.2. The molecule has 0 saturated heterocycles. The van der Waals surface area contributed by atoms with Crippen LogP contribution in [0.1, 0.15) is 46.6 Å². The minimum absolute atomic E-state index is 0.256. The van der Waals surface area contributed by atoms with E-state index in [1.165, 1.54) is 12.1 Å². The molecule has 2 amide bonds. The molecule has 39 heavy (non-hydrogen) atoms. The lowest BCUT2D eigenvalue weighted by Crippen LogP contribution is -2.38. The molecule has 0 spiro atoms. The van der Waals surface area contributed by atoms with Gasteiger partial charge >= 0.3 is 6.03 Å². The van der Waals surface area contributed by atoms with Crippen LogP contribution in [0.5, 0.6) is 0 Å². The van der Waals surface area contributed by atoms with Crippen LogP contribution in [0.4, 0.5) is 14.9 Å². The molecule has 3 aromatic carbocycles. The minimum atomic E-state index is -0.526. The standard InChI is InChI=1S/C32H30FN5O/c1-4-27-26-20-37(32(39)34-28-16-8-11-21(2)22(28)3)30(23-12-9-13-24(33)19-23)29-17-10-18-36(29)31(26)38(35-27)25-14-6-5-7-15-25/h5-19,30H,4,20H2,1-3H3,(H,34,39). The molecule has 7 heteroatoms. The number of halogens is 1. The average molecular weight is 520 g/mol. The first-order valence-electron chi connectivity index (χ1n) is 13.2. The van der Waals surface area contributed by atoms with Crippen LogP contribution in [0.25, 0.3) is 11.5 Å². The van der Waals surface area contributed by atoms with E-state index in [1.807, 2.05) is 91.5 Å². The third-order valence-electron chi connectivity index (χ3n) is 7.58. The second-order valence-electron chi connectivity index (χ2n) is 9.92. The fourth-order valence-electron chi connectivity index (χ4n) is 5.45. The number of nitrogens with zero attached hydrogens (tertiary/aromatic N) is 4. The Hall–Kier alpha value is -4.65. The van der Waals surface area contributed by atoms with Gasteiger partial charge in [-0.1, -0.05) is 49.4 Å². The van der Waals surface area contributed by atoms with Crippen molar-refractivity contribution < 1.29 is 9.18 Å². The van der Waals surface area contributed by atoms with Crippen LogP contribution >= 0.6 is 0 Å². The first-order valence-corrected chi connectivity index (χ1v) is 13.2. The number of carbonyl (C=O) groups is 1. The highest BCUT2D eigenvalue weighted by molar-refractivity contribution is 5.91. The summed E-state index contributed by atoms with van der Waals surface area (Å²) >= 11 is 0. The molecule has 0 radical (unpaired) electrons. The van der Waals surface area contributed by atoms with Crippen molar-refractivity contribution in [2.75, 3.05) is 5.32 Å². The van der Waals surface area contributed by atoms with Gasteiger partial charge in [0, 0.05) is 17.4 Å². The molecule has 5 aromatic rings. The Morgan fingerprint density at radius 1 is 1.00 bits per heavy atom. The number of rotatable bonds is 4. The number of anilines is 1. The Bertz CT molecular complexity index is 1670. The topological polar surface area (TPSA) is 55.1 Å². The van der Waals surface area contributed by atoms with Gasteiger partial charge in [-0.15, -0.1) is 0 Å². The number of carbonyl (C=O) groups excluding carboxylic acids is 1. The summed E-state index contributed by atoms with van der Waals surface area (Å²) in [6, 6.07) is 25.6. The predicted molar refractivity (Wildman–Crippen MR) is 151 cm³/mol. The summed E-state index contributed by atoms with van der Waals surface area (Å²) in [6.45, 7) is 6.41. The first-order chi connectivity index (χ1) is 19.0. The van der Waals surface area contributed by atoms with E-state index in [4.69, 9.17) is 5.10 Å². The van der Waals surface area contributed by atoms with E-state index in [1.54, 1.807) is 11.0 Å².